The Kier molecular flexibility index (Phi) is 2.98. The lowest BCUT2D eigenvalue weighted by atomic mass is 10.2. The molecule has 0 saturated heterocycles. The molecule has 3 nitrogen and oxygen atoms in total. The molecule has 0 aliphatic rings. The summed E-state index contributed by atoms with van der Waals surface area (Å²) in [6, 6.07) is 20.8. The van der Waals surface area contributed by atoms with E-state index in [0.717, 1.165) is 22.4 Å². The van der Waals surface area contributed by atoms with Crippen molar-refractivity contribution >= 4 is 21.8 Å². The largest absolute Gasteiger partial charge is 0.369 e. The molecule has 0 radical (unpaired) electrons. The number of nitrogens with one attached hydrogen (secondary N) is 2. The molecular weight excluding hydrogens is 260 g/mol. The minimum Gasteiger partial charge on any atom is -0.369 e. The number of hydrogen-bond acceptors (Lipinski definition) is 1. The van der Waals surface area contributed by atoms with Crippen LogP contribution in [0.2, 0.25) is 0 Å². The first-order valence-electron chi connectivity index (χ1n) is 7.09. The lowest BCUT2D eigenvalue weighted by Crippen LogP contribution is -1.94. The fourth-order valence-corrected chi connectivity index (χ4v) is 2.69. The van der Waals surface area contributed by atoms with Crippen molar-refractivity contribution in [2.24, 2.45) is 0 Å². The van der Waals surface area contributed by atoms with E-state index in [1.54, 1.807) is 0 Å². The first-order valence-corrected chi connectivity index (χ1v) is 7.09. The Morgan fingerprint density at radius 1 is 0.667 bits per heavy atom. The van der Waals surface area contributed by atoms with Crippen LogP contribution in [0.5, 0.6) is 0 Å². The second kappa shape index (κ2) is 5.11. The maximum Gasteiger partial charge on any atom is 0.0871 e. The van der Waals surface area contributed by atoms with Gasteiger partial charge in [0.15, 0.2) is 0 Å². The van der Waals surface area contributed by atoms with Gasteiger partial charge < -0.3 is 14.7 Å². The van der Waals surface area contributed by atoms with E-state index in [1.165, 1.54) is 10.8 Å². The SMILES string of the molecule is c1ccc2[nH]c(COCc3cc4ccccc4[nH]3)cc2c1. The summed E-state index contributed by atoms with van der Waals surface area (Å²) in [5.41, 5.74) is 4.52. The lowest BCUT2D eigenvalue weighted by Gasteiger charge is -2.00. The third-order valence-corrected chi connectivity index (χ3v) is 3.69. The summed E-state index contributed by atoms with van der Waals surface area (Å²) in [5, 5.41) is 2.45. The van der Waals surface area contributed by atoms with Crippen LogP contribution in [0.3, 0.4) is 0 Å². The standard InChI is InChI=1S/C18H16N2O/c1-3-7-17-13(5-1)9-15(19-17)11-21-12-16-10-14-6-2-4-8-18(14)20-16/h1-10,19-20H,11-12H2. The average molecular weight is 276 g/mol. The van der Waals surface area contributed by atoms with Crippen molar-refractivity contribution in [3.63, 3.8) is 0 Å². The van der Waals surface area contributed by atoms with Gasteiger partial charge in [0.2, 0.25) is 0 Å². The zero-order valence-electron chi connectivity index (χ0n) is 11.6. The van der Waals surface area contributed by atoms with Crippen LogP contribution in [0, 0.1) is 0 Å². The third kappa shape index (κ3) is 2.43. The topological polar surface area (TPSA) is 40.8 Å². The Morgan fingerprint density at radius 3 is 1.62 bits per heavy atom. The molecule has 0 fully saturated rings. The smallest absolute Gasteiger partial charge is 0.0871 e. The van der Waals surface area contributed by atoms with Crippen LogP contribution in [-0.2, 0) is 18.0 Å². The summed E-state index contributed by atoms with van der Waals surface area (Å²) in [5.74, 6) is 0. The van der Waals surface area contributed by atoms with E-state index in [0.29, 0.717) is 13.2 Å². The number of ether oxygens (including phenoxy) is 1. The summed E-state index contributed by atoms with van der Waals surface area (Å²) >= 11 is 0. The highest BCUT2D eigenvalue weighted by atomic mass is 16.5. The van der Waals surface area contributed by atoms with Crippen LogP contribution in [0.1, 0.15) is 11.4 Å². The van der Waals surface area contributed by atoms with Crippen molar-refractivity contribution < 1.29 is 4.74 Å². The summed E-state index contributed by atoms with van der Waals surface area (Å²) in [6.07, 6.45) is 0. The van der Waals surface area contributed by atoms with Crippen LogP contribution < -0.4 is 0 Å². The van der Waals surface area contributed by atoms with Crippen molar-refractivity contribution in [1.29, 1.82) is 0 Å². The van der Waals surface area contributed by atoms with E-state index in [-0.39, 0.29) is 0 Å². The van der Waals surface area contributed by atoms with Crippen molar-refractivity contribution in [1.82, 2.24) is 9.97 Å². The number of hydrogen-bond donors (Lipinski definition) is 2. The molecule has 4 aromatic rings. The lowest BCUT2D eigenvalue weighted by molar-refractivity contribution is 0.103. The van der Waals surface area contributed by atoms with Crippen LogP contribution in [-0.4, -0.2) is 9.97 Å². The predicted molar refractivity (Wildman–Crippen MR) is 85.1 cm³/mol. The van der Waals surface area contributed by atoms with Crippen LogP contribution in [0.15, 0.2) is 60.7 Å². The number of benzene rings is 2. The predicted octanol–water partition coefficient (Wildman–Crippen LogP) is 4.37. The normalized spacial score (nSPS) is 11.4. The molecule has 0 unspecified atom stereocenters. The summed E-state index contributed by atoms with van der Waals surface area (Å²) < 4.78 is 5.80. The first-order chi connectivity index (χ1) is 10.4. The zero-order chi connectivity index (χ0) is 14.1. The Morgan fingerprint density at radius 2 is 1.14 bits per heavy atom. The molecule has 104 valence electrons. The molecule has 0 saturated carbocycles. The second-order valence-electron chi connectivity index (χ2n) is 5.26. The Labute approximate surface area is 122 Å². The van der Waals surface area contributed by atoms with Crippen LogP contribution in [0.4, 0.5) is 0 Å². The van der Waals surface area contributed by atoms with Gasteiger partial charge in [0.25, 0.3) is 0 Å². The van der Waals surface area contributed by atoms with Crippen molar-refractivity contribution in [3.05, 3.63) is 72.1 Å². The molecule has 0 aliphatic heterocycles. The summed E-state index contributed by atoms with van der Waals surface area (Å²) in [6.45, 7) is 1.17. The number of rotatable bonds is 4. The van der Waals surface area contributed by atoms with Crippen molar-refractivity contribution in [2.45, 2.75) is 13.2 Å². The number of para-hydroxylation sites is 2. The molecule has 4 rings (SSSR count). The average Bonchev–Trinajstić information content (AvgIpc) is 3.09. The molecule has 2 aromatic carbocycles. The first kappa shape index (κ1) is 12.2. The van der Waals surface area contributed by atoms with E-state index in [2.05, 4.69) is 46.4 Å². The van der Waals surface area contributed by atoms with E-state index in [4.69, 9.17) is 4.74 Å². The molecule has 2 N–H and O–H groups in total. The van der Waals surface area contributed by atoms with Gasteiger partial charge in [0, 0.05) is 22.4 Å². The maximum atomic E-state index is 5.80. The highest BCUT2D eigenvalue weighted by molar-refractivity contribution is 5.80. The van der Waals surface area contributed by atoms with Gasteiger partial charge in [-0.2, -0.15) is 0 Å². The van der Waals surface area contributed by atoms with Gasteiger partial charge in [-0.1, -0.05) is 36.4 Å². The third-order valence-electron chi connectivity index (χ3n) is 3.69. The Balaban J connectivity index is 1.44. The quantitative estimate of drug-likeness (QED) is 0.571. The second-order valence-corrected chi connectivity index (χ2v) is 5.26. The number of H-pyrrole nitrogens is 2. The number of aromatic nitrogens is 2. The molecule has 2 heterocycles. The highest BCUT2D eigenvalue weighted by Gasteiger charge is 2.02. The van der Waals surface area contributed by atoms with Gasteiger partial charge in [0.05, 0.1) is 13.2 Å². The van der Waals surface area contributed by atoms with Gasteiger partial charge >= 0.3 is 0 Å². The molecule has 0 amide bonds. The molecule has 0 spiro atoms. The molecular formula is C18H16N2O. The Bertz CT molecular complexity index is 748. The van der Waals surface area contributed by atoms with Crippen molar-refractivity contribution in [3.8, 4) is 0 Å². The van der Waals surface area contributed by atoms with E-state index in [9.17, 15) is 0 Å². The minimum atomic E-state index is 0.587. The van der Waals surface area contributed by atoms with Gasteiger partial charge in [-0.25, -0.2) is 0 Å². The molecule has 0 aliphatic carbocycles. The Hall–Kier alpha value is -2.52. The number of fused-ring (bicyclic) bond motifs is 2. The molecule has 2 aromatic heterocycles. The molecule has 21 heavy (non-hydrogen) atoms. The van der Waals surface area contributed by atoms with Crippen molar-refractivity contribution in [2.75, 3.05) is 0 Å². The monoisotopic (exact) mass is 276 g/mol. The van der Waals surface area contributed by atoms with E-state index >= 15 is 0 Å². The van der Waals surface area contributed by atoms with Crippen LogP contribution >= 0.6 is 0 Å². The highest BCUT2D eigenvalue weighted by Crippen LogP contribution is 2.17. The fourth-order valence-electron chi connectivity index (χ4n) is 2.69. The van der Waals surface area contributed by atoms with Gasteiger partial charge in [0.1, 0.15) is 0 Å². The van der Waals surface area contributed by atoms with Gasteiger partial charge in [-0.15, -0.1) is 0 Å². The fraction of sp³-hybridized carbons (Fsp3) is 0.111. The number of aromatic amines is 2. The summed E-state index contributed by atoms with van der Waals surface area (Å²) in [7, 11) is 0. The zero-order valence-corrected chi connectivity index (χ0v) is 11.6. The van der Waals surface area contributed by atoms with E-state index < -0.39 is 0 Å². The van der Waals surface area contributed by atoms with Gasteiger partial charge in [-0.3, -0.25) is 0 Å². The molecule has 0 atom stereocenters. The van der Waals surface area contributed by atoms with Gasteiger partial charge in [-0.05, 0) is 35.0 Å². The van der Waals surface area contributed by atoms with Crippen LogP contribution in [0.25, 0.3) is 21.8 Å². The minimum absolute atomic E-state index is 0.587. The van der Waals surface area contributed by atoms with E-state index in [1.807, 2.05) is 24.3 Å². The maximum absolute atomic E-state index is 5.80. The molecule has 0 bridgehead atoms. The summed E-state index contributed by atoms with van der Waals surface area (Å²) in [4.78, 5) is 6.75. The molecule has 3 heteroatoms.